The lowest BCUT2D eigenvalue weighted by Gasteiger charge is -2.12. The summed E-state index contributed by atoms with van der Waals surface area (Å²) in [4.78, 5) is 4.47. The number of anilines is 1. The summed E-state index contributed by atoms with van der Waals surface area (Å²) >= 11 is 3.33. The third-order valence-electron chi connectivity index (χ3n) is 3.28. The van der Waals surface area contributed by atoms with Crippen LogP contribution < -0.4 is 5.32 Å². The molecule has 0 saturated heterocycles. The van der Waals surface area contributed by atoms with Crippen LogP contribution in [0.1, 0.15) is 17.7 Å². The van der Waals surface area contributed by atoms with Gasteiger partial charge in [-0.15, -0.1) is 0 Å². The summed E-state index contributed by atoms with van der Waals surface area (Å²) in [6.07, 6.45) is 3.09. The number of halogens is 2. The Morgan fingerprint density at radius 3 is 2.94 bits per heavy atom. The van der Waals surface area contributed by atoms with Crippen LogP contribution in [0.25, 0.3) is 10.9 Å². The number of hydrogen-bond acceptors (Lipinski definition) is 2. The van der Waals surface area contributed by atoms with E-state index in [1.54, 1.807) is 0 Å². The van der Waals surface area contributed by atoms with E-state index in [1.807, 2.05) is 13.1 Å². The SMILES string of the molecule is CNc1c2c(nc3c(F)cc(Br)cc13)CCC2. The third kappa shape index (κ3) is 1.62. The van der Waals surface area contributed by atoms with E-state index in [2.05, 4.69) is 26.2 Å². The van der Waals surface area contributed by atoms with Crippen molar-refractivity contribution >= 4 is 32.5 Å². The Balaban J connectivity index is 2.45. The van der Waals surface area contributed by atoms with Gasteiger partial charge in [-0.25, -0.2) is 9.37 Å². The van der Waals surface area contributed by atoms with Crippen molar-refractivity contribution in [1.82, 2.24) is 4.98 Å². The lowest BCUT2D eigenvalue weighted by atomic mass is 10.1. The first-order valence-electron chi connectivity index (χ1n) is 5.69. The zero-order valence-corrected chi connectivity index (χ0v) is 11.1. The first-order chi connectivity index (χ1) is 8.20. The molecule has 4 heteroatoms. The highest BCUT2D eigenvalue weighted by atomic mass is 79.9. The number of aryl methyl sites for hydroxylation is 1. The van der Waals surface area contributed by atoms with Gasteiger partial charge < -0.3 is 5.32 Å². The normalized spacial score (nSPS) is 14.1. The minimum Gasteiger partial charge on any atom is -0.387 e. The summed E-state index contributed by atoms with van der Waals surface area (Å²) in [5.74, 6) is -0.263. The largest absolute Gasteiger partial charge is 0.387 e. The average molecular weight is 295 g/mol. The maximum Gasteiger partial charge on any atom is 0.150 e. The van der Waals surface area contributed by atoms with E-state index in [0.717, 1.165) is 40.5 Å². The molecule has 0 radical (unpaired) electrons. The first-order valence-corrected chi connectivity index (χ1v) is 6.48. The number of benzene rings is 1. The number of pyridine rings is 1. The lowest BCUT2D eigenvalue weighted by molar-refractivity contribution is 0.635. The Labute approximate surface area is 107 Å². The predicted molar refractivity (Wildman–Crippen MR) is 71.0 cm³/mol. The van der Waals surface area contributed by atoms with Crippen molar-refractivity contribution in [3.63, 3.8) is 0 Å². The molecule has 0 unspecified atom stereocenters. The second kappa shape index (κ2) is 3.95. The van der Waals surface area contributed by atoms with Crippen molar-refractivity contribution in [2.24, 2.45) is 0 Å². The summed E-state index contributed by atoms with van der Waals surface area (Å²) in [5.41, 5.74) is 3.79. The summed E-state index contributed by atoms with van der Waals surface area (Å²) in [5, 5.41) is 4.06. The van der Waals surface area contributed by atoms with Gasteiger partial charge in [0.25, 0.3) is 0 Å². The van der Waals surface area contributed by atoms with Gasteiger partial charge in [0, 0.05) is 28.3 Å². The van der Waals surface area contributed by atoms with Crippen LogP contribution in [-0.2, 0) is 12.8 Å². The van der Waals surface area contributed by atoms with E-state index in [-0.39, 0.29) is 5.82 Å². The molecule has 1 aliphatic rings. The van der Waals surface area contributed by atoms with Gasteiger partial charge in [0.1, 0.15) is 5.52 Å². The fourth-order valence-electron chi connectivity index (χ4n) is 2.57. The molecule has 1 N–H and O–H groups in total. The van der Waals surface area contributed by atoms with E-state index in [9.17, 15) is 4.39 Å². The zero-order chi connectivity index (χ0) is 12.0. The quantitative estimate of drug-likeness (QED) is 0.868. The van der Waals surface area contributed by atoms with Crippen LogP contribution in [0.15, 0.2) is 16.6 Å². The fourth-order valence-corrected chi connectivity index (χ4v) is 3.00. The molecule has 0 spiro atoms. The molecule has 0 saturated carbocycles. The molecule has 1 aromatic carbocycles. The molecule has 3 rings (SSSR count). The van der Waals surface area contributed by atoms with Crippen molar-refractivity contribution in [1.29, 1.82) is 0 Å². The van der Waals surface area contributed by atoms with Crippen LogP contribution in [0, 0.1) is 5.82 Å². The summed E-state index contributed by atoms with van der Waals surface area (Å²) in [7, 11) is 1.88. The monoisotopic (exact) mass is 294 g/mol. The predicted octanol–water partition coefficient (Wildman–Crippen LogP) is 3.67. The molecule has 1 heterocycles. The van der Waals surface area contributed by atoms with Crippen molar-refractivity contribution in [2.45, 2.75) is 19.3 Å². The summed E-state index contributed by atoms with van der Waals surface area (Å²) in [6, 6.07) is 3.39. The average Bonchev–Trinajstić information content (AvgIpc) is 2.74. The minimum absolute atomic E-state index is 0.263. The Bertz CT molecular complexity index is 610. The Kier molecular flexibility index (Phi) is 2.54. The maximum atomic E-state index is 13.9. The number of fused-ring (bicyclic) bond motifs is 2. The number of nitrogens with one attached hydrogen (secondary N) is 1. The van der Waals surface area contributed by atoms with E-state index in [1.165, 1.54) is 11.6 Å². The van der Waals surface area contributed by atoms with Gasteiger partial charge in [0.15, 0.2) is 5.82 Å². The van der Waals surface area contributed by atoms with E-state index in [0.29, 0.717) is 5.52 Å². The second-order valence-corrected chi connectivity index (χ2v) is 5.22. The Hall–Kier alpha value is -1.16. The lowest BCUT2D eigenvalue weighted by Crippen LogP contribution is -2.00. The van der Waals surface area contributed by atoms with Crippen molar-refractivity contribution < 1.29 is 4.39 Å². The number of hydrogen-bond donors (Lipinski definition) is 1. The molecule has 0 bridgehead atoms. The topological polar surface area (TPSA) is 24.9 Å². The van der Waals surface area contributed by atoms with Gasteiger partial charge >= 0.3 is 0 Å². The zero-order valence-electron chi connectivity index (χ0n) is 9.48. The number of nitrogens with zero attached hydrogens (tertiary/aromatic N) is 1. The molecule has 17 heavy (non-hydrogen) atoms. The van der Waals surface area contributed by atoms with Crippen LogP contribution >= 0.6 is 15.9 Å². The smallest absolute Gasteiger partial charge is 0.150 e. The van der Waals surface area contributed by atoms with E-state index < -0.39 is 0 Å². The van der Waals surface area contributed by atoms with Gasteiger partial charge in [-0.05, 0) is 37.0 Å². The molecule has 0 fully saturated rings. The minimum atomic E-state index is -0.263. The van der Waals surface area contributed by atoms with Crippen LogP contribution in [0.3, 0.4) is 0 Å². The Morgan fingerprint density at radius 2 is 2.18 bits per heavy atom. The molecule has 1 aliphatic carbocycles. The highest BCUT2D eigenvalue weighted by Gasteiger charge is 2.20. The van der Waals surface area contributed by atoms with Crippen LogP contribution in [0.2, 0.25) is 0 Å². The van der Waals surface area contributed by atoms with E-state index in [4.69, 9.17) is 0 Å². The van der Waals surface area contributed by atoms with Crippen molar-refractivity contribution in [3.05, 3.63) is 33.7 Å². The third-order valence-corrected chi connectivity index (χ3v) is 3.74. The maximum absolute atomic E-state index is 13.9. The van der Waals surface area contributed by atoms with E-state index >= 15 is 0 Å². The molecule has 1 aromatic heterocycles. The molecule has 0 amide bonds. The molecule has 2 nitrogen and oxygen atoms in total. The van der Waals surface area contributed by atoms with Crippen molar-refractivity contribution in [2.75, 3.05) is 12.4 Å². The summed E-state index contributed by atoms with van der Waals surface area (Å²) < 4.78 is 14.7. The molecule has 0 atom stereocenters. The first kappa shape index (κ1) is 11.0. The van der Waals surface area contributed by atoms with Gasteiger partial charge in [0.2, 0.25) is 0 Å². The standard InChI is InChI=1S/C13H12BrFN2/c1-16-12-8-3-2-4-11(8)17-13-9(12)5-7(14)6-10(13)15/h5-6H,2-4H2,1H3,(H,16,17). The fraction of sp³-hybridized carbons (Fsp3) is 0.308. The highest BCUT2D eigenvalue weighted by Crippen LogP contribution is 2.35. The van der Waals surface area contributed by atoms with Crippen LogP contribution in [0.4, 0.5) is 10.1 Å². The highest BCUT2D eigenvalue weighted by molar-refractivity contribution is 9.10. The molecular weight excluding hydrogens is 283 g/mol. The van der Waals surface area contributed by atoms with Gasteiger partial charge in [-0.2, -0.15) is 0 Å². The summed E-state index contributed by atoms with van der Waals surface area (Å²) in [6.45, 7) is 0. The molecular formula is C13H12BrFN2. The van der Waals surface area contributed by atoms with Gasteiger partial charge in [-0.3, -0.25) is 0 Å². The van der Waals surface area contributed by atoms with Crippen molar-refractivity contribution in [3.8, 4) is 0 Å². The Morgan fingerprint density at radius 1 is 1.35 bits per heavy atom. The second-order valence-electron chi connectivity index (χ2n) is 4.30. The molecule has 0 aliphatic heterocycles. The number of rotatable bonds is 1. The van der Waals surface area contributed by atoms with Gasteiger partial charge in [-0.1, -0.05) is 15.9 Å². The van der Waals surface area contributed by atoms with Crippen LogP contribution in [0.5, 0.6) is 0 Å². The molecule has 88 valence electrons. The van der Waals surface area contributed by atoms with Crippen LogP contribution in [-0.4, -0.2) is 12.0 Å². The van der Waals surface area contributed by atoms with Gasteiger partial charge in [0.05, 0.1) is 0 Å². The molecule has 2 aromatic rings. The number of aromatic nitrogens is 1.